The van der Waals surface area contributed by atoms with Gasteiger partial charge >= 0.3 is 0 Å². The summed E-state index contributed by atoms with van der Waals surface area (Å²) >= 11 is 1.66. The molecule has 2 rings (SSSR count). The van der Waals surface area contributed by atoms with E-state index in [0.717, 1.165) is 23.2 Å². The van der Waals surface area contributed by atoms with Crippen LogP contribution in [0.3, 0.4) is 0 Å². The first-order chi connectivity index (χ1) is 9.33. The number of H-pyrrole nitrogens is 1. The summed E-state index contributed by atoms with van der Waals surface area (Å²) in [4.78, 5) is 4.12. The molecule has 0 bridgehead atoms. The number of thioether (sulfide) groups is 1. The highest BCUT2D eigenvalue weighted by Crippen LogP contribution is 2.23. The van der Waals surface area contributed by atoms with Crippen molar-refractivity contribution in [3.63, 3.8) is 0 Å². The van der Waals surface area contributed by atoms with Crippen molar-refractivity contribution >= 4 is 11.8 Å². The van der Waals surface area contributed by atoms with Crippen LogP contribution in [0.15, 0.2) is 35.7 Å². The Kier molecular flexibility index (Phi) is 5.23. The zero-order valence-electron chi connectivity index (χ0n) is 11.1. The van der Waals surface area contributed by atoms with E-state index in [0.29, 0.717) is 0 Å². The Labute approximate surface area is 117 Å². The number of hydrogen-bond acceptors (Lipinski definition) is 5. The number of nitrogens with zero attached hydrogens (tertiary/aromatic N) is 2. The van der Waals surface area contributed by atoms with Crippen molar-refractivity contribution in [1.82, 2.24) is 20.5 Å². The third kappa shape index (κ3) is 3.97. The van der Waals surface area contributed by atoms with E-state index in [1.54, 1.807) is 18.9 Å². The quantitative estimate of drug-likeness (QED) is 0.761. The number of methoxy groups -OCH3 is 1. The van der Waals surface area contributed by atoms with Crippen LogP contribution in [0.5, 0.6) is 5.75 Å². The Balaban J connectivity index is 2.01. The normalized spacial score (nSPS) is 12.3. The van der Waals surface area contributed by atoms with Gasteiger partial charge in [-0.3, -0.25) is 5.10 Å². The first kappa shape index (κ1) is 13.9. The molecule has 1 unspecified atom stereocenters. The first-order valence-corrected chi connectivity index (χ1v) is 7.17. The van der Waals surface area contributed by atoms with Crippen LogP contribution in [0.4, 0.5) is 0 Å². The molecular formula is C13H18N4OS. The minimum atomic E-state index is 0.283. The van der Waals surface area contributed by atoms with Gasteiger partial charge in [-0.25, -0.2) is 4.98 Å². The maximum absolute atomic E-state index is 5.18. The lowest BCUT2D eigenvalue weighted by molar-refractivity contribution is 0.414. The van der Waals surface area contributed by atoms with Crippen molar-refractivity contribution in [3.8, 4) is 5.75 Å². The summed E-state index contributed by atoms with van der Waals surface area (Å²) in [6, 6.07) is 8.43. The average molecular weight is 278 g/mol. The number of hydrogen-bond donors (Lipinski definition) is 2. The fourth-order valence-electron chi connectivity index (χ4n) is 1.78. The number of benzene rings is 1. The van der Waals surface area contributed by atoms with E-state index in [4.69, 9.17) is 4.74 Å². The van der Waals surface area contributed by atoms with Crippen molar-refractivity contribution in [2.24, 2.45) is 0 Å². The zero-order valence-corrected chi connectivity index (χ0v) is 11.9. The van der Waals surface area contributed by atoms with Crippen molar-refractivity contribution in [1.29, 1.82) is 0 Å². The molecule has 0 amide bonds. The molecule has 5 nitrogen and oxygen atoms in total. The molecule has 1 aromatic heterocycles. The van der Waals surface area contributed by atoms with Crippen LogP contribution in [-0.4, -0.2) is 34.6 Å². The second kappa shape index (κ2) is 7.16. The van der Waals surface area contributed by atoms with E-state index >= 15 is 0 Å². The molecule has 1 aromatic carbocycles. The summed E-state index contributed by atoms with van der Waals surface area (Å²) < 4.78 is 5.18. The fourth-order valence-corrected chi connectivity index (χ4v) is 2.66. The summed E-state index contributed by atoms with van der Waals surface area (Å²) in [5.74, 6) is 1.77. The predicted octanol–water partition coefficient (Wildman–Crippen LogP) is 2.26. The molecule has 2 aromatic rings. The lowest BCUT2D eigenvalue weighted by Gasteiger charge is -2.17. The molecule has 102 valence electrons. The summed E-state index contributed by atoms with van der Waals surface area (Å²) in [6.07, 6.45) is 1.53. The van der Waals surface area contributed by atoms with Crippen molar-refractivity contribution < 1.29 is 4.74 Å². The second-order valence-corrected chi connectivity index (χ2v) is 4.99. The number of rotatable bonds is 7. The molecule has 0 aliphatic heterocycles. The molecule has 0 saturated carbocycles. The largest absolute Gasteiger partial charge is 0.497 e. The maximum atomic E-state index is 5.18. The number of aromatic nitrogens is 3. The summed E-state index contributed by atoms with van der Waals surface area (Å²) in [6.45, 7) is 3.03. The Morgan fingerprint density at radius 3 is 2.74 bits per heavy atom. The zero-order chi connectivity index (χ0) is 13.5. The van der Waals surface area contributed by atoms with Crippen LogP contribution in [0.1, 0.15) is 18.5 Å². The molecule has 19 heavy (non-hydrogen) atoms. The molecule has 0 fully saturated rings. The maximum Gasteiger partial charge on any atom is 0.183 e. The number of nitrogens with one attached hydrogen (secondary N) is 2. The van der Waals surface area contributed by atoms with E-state index in [9.17, 15) is 0 Å². The SMILES string of the molecule is CCNC(CSc1ncn[nH]1)c1ccc(OC)cc1. The van der Waals surface area contributed by atoms with Gasteiger partial charge in [0.15, 0.2) is 5.16 Å². The van der Waals surface area contributed by atoms with Gasteiger partial charge in [0.2, 0.25) is 0 Å². The monoisotopic (exact) mass is 278 g/mol. The Bertz CT molecular complexity index is 472. The molecule has 6 heteroatoms. The highest BCUT2D eigenvalue weighted by molar-refractivity contribution is 7.99. The molecule has 0 radical (unpaired) electrons. The van der Waals surface area contributed by atoms with E-state index in [-0.39, 0.29) is 6.04 Å². The molecule has 2 N–H and O–H groups in total. The van der Waals surface area contributed by atoms with Gasteiger partial charge in [0.1, 0.15) is 12.1 Å². The number of ether oxygens (including phenoxy) is 1. The van der Waals surface area contributed by atoms with Crippen molar-refractivity contribution in [2.75, 3.05) is 19.4 Å². The molecule has 0 saturated heterocycles. The minimum absolute atomic E-state index is 0.283. The third-order valence-corrected chi connectivity index (χ3v) is 3.72. The highest BCUT2D eigenvalue weighted by atomic mass is 32.2. The van der Waals surface area contributed by atoms with E-state index in [1.807, 2.05) is 12.1 Å². The Morgan fingerprint density at radius 1 is 1.37 bits per heavy atom. The standard InChI is InChI=1S/C13H18N4OS/c1-3-14-12(8-19-13-15-9-16-17-13)10-4-6-11(18-2)7-5-10/h4-7,9,12,14H,3,8H2,1-2H3,(H,15,16,17). The second-order valence-electron chi connectivity index (χ2n) is 3.99. The molecule has 0 spiro atoms. The lowest BCUT2D eigenvalue weighted by atomic mass is 10.1. The van der Waals surface area contributed by atoms with Crippen LogP contribution in [-0.2, 0) is 0 Å². The van der Waals surface area contributed by atoms with Crippen LogP contribution < -0.4 is 10.1 Å². The van der Waals surface area contributed by atoms with Gasteiger partial charge in [0, 0.05) is 11.8 Å². The van der Waals surface area contributed by atoms with Gasteiger partial charge in [0.25, 0.3) is 0 Å². The summed E-state index contributed by atoms with van der Waals surface area (Å²) in [5, 5.41) is 11.0. The molecular weight excluding hydrogens is 260 g/mol. The van der Waals surface area contributed by atoms with Gasteiger partial charge in [-0.05, 0) is 24.2 Å². The lowest BCUT2D eigenvalue weighted by Crippen LogP contribution is -2.22. The van der Waals surface area contributed by atoms with Gasteiger partial charge in [-0.1, -0.05) is 30.8 Å². The summed E-state index contributed by atoms with van der Waals surface area (Å²) in [7, 11) is 1.68. The van der Waals surface area contributed by atoms with Gasteiger partial charge in [0.05, 0.1) is 7.11 Å². The van der Waals surface area contributed by atoms with E-state index < -0.39 is 0 Å². The first-order valence-electron chi connectivity index (χ1n) is 6.19. The summed E-state index contributed by atoms with van der Waals surface area (Å²) in [5.41, 5.74) is 1.25. The fraction of sp³-hybridized carbons (Fsp3) is 0.385. The topological polar surface area (TPSA) is 62.8 Å². The van der Waals surface area contributed by atoms with Crippen molar-refractivity contribution in [2.45, 2.75) is 18.1 Å². The highest BCUT2D eigenvalue weighted by Gasteiger charge is 2.11. The van der Waals surface area contributed by atoms with Gasteiger partial charge < -0.3 is 10.1 Å². The Hall–Kier alpha value is -1.53. The third-order valence-electron chi connectivity index (χ3n) is 2.75. The smallest absolute Gasteiger partial charge is 0.183 e. The van der Waals surface area contributed by atoms with Crippen LogP contribution in [0.25, 0.3) is 0 Å². The Morgan fingerprint density at radius 2 is 2.16 bits per heavy atom. The predicted molar refractivity (Wildman–Crippen MR) is 76.5 cm³/mol. The van der Waals surface area contributed by atoms with Gasteiger partial charge in [-0.15, -0.1) is 0 Å². The molecule has 0 aliphatic carbocycles. The molecule has 1 atom stereocenters. The van der Waals surface area contributed by atoms with Crippen molar-refractivity contribution in [3.05, 3.63) is 36.2 Å². The average Bonchev–Trinajstić information content (AvgIpc) is 2.97. The van der Waals surface area contributed by atoms with Gasteiger partial charge in [-0.2, -0.15) is 5.10 Å². The minimum Gasteiger partial charge on any atom is -0.497 e. The van der Waals surface area contributed by atoms with Crippen LogP contribution in [0, 0.1) is 0 Å². The van der Waals surface area contributed by atoms with Crippen LogP contribution in [0.2, 0.25) is 0 Å². The van der Waals surface area contributed by atoms with E-state index in [1.165, 1.54) is 11.9 Å². The number of aromatic amines is 1. The molecule has 0 aliphatic rings. The van der Waals surface area contributed by atoms with Crippen LogP contribution >= 0.6 is 11.8 Å². The molecule has 1 heterocycles. The van der Waals surface area contributed by atoms with E-state index in [2.05, 4.69) is 39.6 Å².